The van der Waals surface area contributed by atoms with Crippen LogP contribution in [0.5, 0.6) is 0 Å². The highest BCUT2D eigenvalue weighted by atomic mass is 16.5. The summed E-state index contributed by atoms with van der Waals surface area (Å²) in [6, 6.07) is 2.53. The van der Waals surface area contributed by atoms with Crippen molar-refractivity contribution in [3.05, 3.63) is 18.0 Å². The Morgan fingerprint density at radius 2 is 2.56 bits per heavy atom. The van der Waals surface area contributed by atoms with Crippen molar-refractivity contribution < 1.29 is 4.74 Å². The lowest BCUT2D eigenvalue weighted by molar-refractivity contribution is 0.0548. The third-order valence-corrected chi connectivity index (χ3v) is 2.91. The molecule has 1 aromatic heterocycles. The molecule has 0 aliphatic carbocycles. The summed E-state index contributed by atoms with van der Waals surface area (Å²) in [6.07, 6.45) is 5.57. The molecule has 0 bridgehead atoms. The van der Waals surface area contributed by atoms with Gasteiger partial charge in [0.1, 0.15) is 0 Å². The van der Waals surface area contributed by atoms with Crippen molar-refractivity contribution in [3.8, 4) is 0 Å². The first kappa shape index (κ1) is 11.6. The fraction of sp³-hybridized carbons (Fsp3) is 0.750. The Hall–Kier alpha value is -0.870. The quantitative estimate of drug-likeness (QED) is 0.773. The van der Waals surface area contributed by atoms with E-state index in [0.717, 1.165) is 44.8 Å². The summed E-state index contributed by atoms with van der Waals surface area (Å²) in [5.41, 5.74) is 1.12. The Labute approximate surface area is 97.0 Å². The molecular formula is C12H21N3O. The zero-order chi connectivity index (χ0) is 11.2. The van der Waals surface area contributed by atoms with Gasteiger partial charge in [-0.25, -0.2) is 0 Å². The smallest absolute Gasteiger partial charge is 0.0762 e. The summed E-state index contributed by atoms with van der Waals surface area (Å²) in [4.78, 5) is 0. The Morgan fingerprint density at radius 1 is 1.62 bits per heavy atom. The Morgan fingerprint density at radius 3 is 3.31 bits per heavy atom. The number of nitrogens with zero attached hydrogens (tertiary/aromatic N) is 2. The van der Waals surface area contributed by atoms with Gasteiger partial charge in [0.05, 0.1) is 18.3 Å². The highest BCUT2D eigenvalue weighted by Crippen LogP contribution is 2.18. The molecule has 90 valence electrons. The van der Waals surface area contributed by atoms with E-state index in [9.17, 15) is 0 Å². The first-order chi connectivity index (χ1) is 7.90. The lowest BCUT2D eigenvalue weighted by Gasteiger charge is -2.22. The van der Waals surface area contributed by atoms with E-state index in [-0.39, 0.29) is 0 Å². The van der Waals surface area contributed by atoms with Crippen molar-refractivity contribution in [2.24, 2.45) is 0 Å². The lowest BCUT2D eigenvalue weighted by Crippen LogP contribution is -2.22. The fourth-order valence-corrected chi connectivity index (χ4v) is 2.00. The van der Waals surface area contributed by atoms with E-state index in [4.69, 9.17) is 4.74 Å². The second kappa shape index (κ2) is 6.01. The van der Waals surface area contributed by atoms with E-state index in [0.29, 0.717) is 6.04 Å². The Bertz CT molecular complexity index is 305. The van der Waals surface area contributed by atoms with Crippen molar-refractivity contribution in [2.75, 3.05) is 19.8 Å². The highest BCUT2D eigenvalue weighted by molar-refractivity contribution is 4.99. The van der Waals surface area contributed by atoms with Gasteiger partial charge >= 0.3 is 0 Å². The summed E-state index contributed by atoms with van der Waals surface area (Å²) in [7, 11) is 0. The van der Waals surface area contributed by atoms with Crippen molar-refractivity contribution in [1.29, 1.82) is 0 Å². The molecule has 0 aromatic carbocycles. The predicted molar refractivity (Wildman–Crippen MR) is 63.3 cm³/mol. The molecule has 2 rings (SSSR count). The number of ether oxygens (including phenoxy) is 1. The van der Waals surface area contributed by atoms with Crippen LogP contribution in [0.15, 0.2) is 12.3 Å². The summed E-state index contributed by atoms with van der Waals surface area (Å²) >= 11 is 0. The molecule has 0 radical (unpaired) electrons. The van der Waals surface area contributed by atoms with Gasteiger partial charge in [-0.2, -0.15) is 5.10 Å². The van der Waals surface area contributed by atoms with Crippen LogP contribution in [0.2, 0.25) is 0 Å². The summed E-state index contributed by atoms with van der Waals surface area (Å²) in [6.45, 7) is 5.81. The molecule has 1 aliphatic heterocycles. The van der Waals surface area contributed by atoms with Gasteiger partial charge in [0.2, 0.25) is 0 Å². The molecule has 1 saturated heterocycles. The molecule has 1 aromatic rings. The minimum absolute atomic E-state index is 0.439. The topological polar surface area (TPSA) is 39.1 Å². The molecule has 4 heteroatoms. The van der Waals surface area contributed by atoms with Crippen molar-refractivity contribution in [2.45, 2.75) is 38.8 Å². The minimum atomic E-state index is 0.439. The Kier molecular flexibility index (Phi) is 4.36. The average molecular weight is 223 g/mol. The van der Waals surface area contributed by atoms with Crippen LogP contribution in [0.1, 0.15) is 37.9 Å². The molecule has 2 heterocycles. The summed E-state index contributed by atoms with van der Waals surface area (Å²) in [5.74, 6) is 0. The molecule has 1 atom stereocenters. The molecule has 4 nitrogen and oxygen atoms in total. The second-order valence-electron chi connectivity index (χ2n) is 4.33. The van der Waals surface area contributed by atoms with Gasteiger partial charge in [-0.05, 0) is 31.9 Å². The van der Waals surface area contributed by atoms with Gasteiger partial charge in [0, 0.05) is 19.3 Å². The Balaban J connectivity index is 1.85. The third kappa shape index (κ3) is 3.06. The molecule has 0 spiro atoms. The molecule has 1 unspecified atom stereocenters. The number of hydrogen-bond acceptors (Lipinski definition) is 3. The zero-order valence-electron chi connectivity index (χ0n) is 9.98. The number of hydrogen-bond donors (Lipinski definition) is 1. The zero-order valence-corrected chi connectivity index (χ0v) is 9.98. The summed E-state index contributed by atoms with van der Waals surface area (Å²) in [5, 5.41) is 7.94. The molecule has 0 amide bonds. The number of rotatable bonds is 5. The third-order valence-electron chi connectivity index (χ3n) is 2.91. The largest absolute Gasteiger partial charge is 0.379 e. The van der Waals surface area contributed by atoms with Crippen molar-refractivity contribution in [3.63, 3.8) is 0 Å². The van der Waals surface area contributed by atoms with Gasteiger partial charge < -0.3 is 10.1 Å². The van der Waals surface area contributed by atoms with Crippen LogP contribution in [0, 0.1) is 0 Å². The van der Waals surface area contributed by atoms with Crippen LogP contribution < -0.4 is 5.32 Å². The second-order valence-corrected chi connectivity index (χ2v) is 4.33. The monoisotopic (exact) mass is 223 g/mol. The molecule has 0 saturated carbocycles. The van der Waals surface area contributed by atoms with E-state index in [1.165, 1.54) is 6.42 Å². The van der Waals surface area contributed by atoms with Gasteiger partial charge in [-0.3, -0.25) is 4.68 Å². The summed E-state index contributed by atoms with van der Waals surface area (Å²) < 4.78 is 7.53. The molecule has 1 N–H and O–H groups in total. The van der Waals surface area contributed by atoms with Crippen LogP contribution in [0.4, 0.5) is 0 Å². The fourth-order valence-electron chi connectivity index (χ4n) is 2.00. The van der Waals surface area contributed by atoms with Crippen molar-refractivity contribution >= 4 is 0 Å². The van der Waals surface area contributed by atoms with E-state index in [2.05, 4.69) is 34.3 Å². The van der Waals surface area contributed by atoms with E-state index in [1.807, 2.05) is 0 Å². The van der Waals surface area contributed by atoms with Crippen LogP contribution in [-0.2, 0) is 11.3 Å². The van der Waals surface area contributed by atoms with Gasteiger partial charge in [-0.1, -0.05) is 6.92 Å². The normalized spacial score (nSPS) is 21.2. The van der Waals surface area contributed by atoms with Crippen LogP contribution in [-0.4, -0.2) is 29.5 Å². The maximum atomic E-state index is 5.47. The first-order valence-electron chi connectivity index (χ1n) is 6.22. The molecular weight excluding hydrogens is 202 g/mol. The number of nitrogens with one attached hydrogen (secondary N) is 1. The van der Waals surface area contributed by atoms with Crippen molar-refractivity contribution in [1.82, 2.24) is 15.1 Å². The molecule has 16 heavy (non-hydrogen) atoms. The van der Waals surface area contributed by atoms with Crippen LogP contribution >= 0.6 is 0 Å². The minimum Gasteiger partial charge on any atom is -0.379 e. The van der Waals surface area contributed by atoms with E-state index < -0.39 is 0 Å². The van der Waals surface area contributed by atoms with Gasteiger partial charge in [-0.15, -0.1) is 0 Å². The number of aromatic nitrogens is 2. The predicted octanol–water partition coefficient (Wildman–Crippen LogP) is 1.73. The van der Waals surface area contributed by atoms with Gasteiger partial charge in [0.15, 0.2) is 0 Å². The van der Waals surface area contributed by atoms with Crippen LogP contribution in [0.25, 0.3) is 0 Å². The lowest BCUT2D eigenvalue weighted by atomic mass is 10.1. The van der Waals surface area contributed by atoms with E-state index in [1.54, 1.807) is 0 Å². The van der Waals surface area contributed by atoms with Crippen LogP contribution in [0.3, 0.4) is 0 Å². The SMILES string of the molecule is CCCNCc1ccn(C2CCCOC2)n1. The average Bonchev–Trinajstić information content (AvgIpc) is 2.79. The van der Waals surface area contributed by atoms with E-state index >= 15 is 0 Å². The standard InChI is InChI=1S/C12H21N3O/c1-2-6-13-9-11-5-7-15(14-11)12-4-3-8-16-10-12/h5,7,12-13H,2-4,6,8-10H2,1H3. The maximum Gasteiger partial charge on any atom is 0.0762 e. The molecule has 1 aliphatic rings. The maximum absolute atomic E-state index is 5.47. The first-order valence-corrected chi connectivity index (χ1v) is 6.22. The highest BCUT2D eigenvalue weighted by Gasteiger charge is 2.16. The van der Waals surface area contributed by atoms with Gasteiger partial charge in [0.25, 0.3) is 0 Å². The molecule has 1 fully saturated rings.